The van der Waals surface area contributed by atoms with Gasteiger partial charge < -0.3 is 14.2 Å². The van der Waals surface area contributed by atoms with Crippen molar-refractivity contribution in [2.24, 2.45) is 0 Å². The summed E-state index contributed by atoms with van der Waals surface area (Å²) >= 11 is 0. The molecule has 0 amide bonds. The molecular formula is C72H126O6. The Morgan fingerprint density at radius 2 is 0.526 bits per heavy atom. The lowest BCUT2D eigenvalue weighted by atomic mass is 10.0. The molecule has 6 heteroatoms. The molecule has 0 fully saturated rings. The summed E-state index contributed by atoms with van der Waals surface area (Å²) in [5, 5.41) is 0. The first-order chi connectivity index (χ1) is 38.5. The normalized spacial score (nSPS) is 12.6. The smallest absolute Gasteiger partial charge is 0.306 e. The Morgan fingerprint density at radius 1 is 0.269 bits per heavy atom. The average Bonchev–Trinajstić information content (AvgIpc) is 3.44. The van der Waals surface area contributed by atoms with Gasteiger partial charge in [0.05, 0.1) is 0 Å². The summed E-state index contributed by atoms with van der Waals surface area (Å²) in [6, 6.07) is 0. The Labute approximate surface area is 484 Å². The number of allylic oxidation sites excluding steroid dienone is 14. The summed E-state index contributed by atoms with van der Waals surface area (Å²) in [7, 11) is 0. The Hall–Kier alpha value is -3.41. The van der Waals surface area contributed by atoms with Gasteiger partial charge in [0, 0.05) is 19.3 Å². The van der Waals surface area contributed by atoms with Gasteiger partial charge in [-0.25, -0.2) is 0 Å². The fraction of sp³-hybridized carbons (Fsp3) is 0.764. The summed E-state index contributed by atoms with van der Waals surface area (Å²) in [4.78, 5) is 38.2. The molecule has 0 aromatic carbocycles. The van der Waals surface area contributed by atoms with Crippen molar-refractivity contribution in [3.63, 3.8) is 0 Å². The molecule has 1 atom stereocenters. The largest absolute Gasteiger partial charge is 0.462 e. The summed E-state index contributed by atoms with van der Waals surface area (Å²) < 4.78 is 16.9. The van der Waals surface area contributed by atoms with E-state index in [-0.39, 0.29) is 37.5 Å². The quantitative estimate of drug-likeness (QED) is 0.0261. The van der Waals surface area contributed by atoms with E-state index in [2.05, 4.69) is 106 Å². The predicted octanol–water partition coefficient (Wildman–Crippen LogP) is 23.1. The van der Waals surface area contributed by atoms with Gasteiger partial charge >= 0.3 is 17.9 Å². The van der Waals surface area contributed by atoms with Gasteiger partial charge in [0.2, 0.25) is 0 Å². The Morgan fingerprint density at radius 3 is 0.859 bits per heavy atom. The van der Waals surface area contributed by atoms with Crippen LogP contribution in [0.3, 0.4) is 0 Å². The van der Waals surface area contributed by atoms with Gasteiger partial charge in [0.1, 0.15) is 13.2 Å². The molecule has 78 heavy (non-hydrogen) atoms. The molecule has 0 radical (unpaired) electrons. The van der Waals surface area contributed by atoms with Gasteiger partial charge in [0.25, 0.3) is 0 Å². The van der Waals surface area contributed by atoms with Gasteiger partial charge in [0.15, 0.2) is 6.10 Å². The molecule has 1 unspecified atom stereocenters. The molecule has 0 saturated carbocycles. The Bertz CT molecular complexity index is 1480. The standard InChI is InChI=1S/C72H126O6/c1-4-7-10-13-16-19-22-24-26-28-30-31-32-33-34-35-36-37-38-39-40-41-43-44-46-48-50-53-56-59-62-65-71(74)77-68-69(67-76-70(73)64-61-58-55-52-21-18-15-12-9-6-3)78-72(75)66-63-60-57-54-51-49-47-45-42-29-27-25-23-20-17-14-11-8-5-2/h8,11-12,15,17,20,25,27-28,30,42,45,49,51,69H,4-7,9-10,13-14,16,18-19,21-24,26,29,31-41,43-44,46-48,50,52-68H2,1-3H3/b11-8-,15-12-,20-17-,27-25-,30-28-,45-42-,51-49-. The number of rotatable bonds is 61. The molecule has 0 aromatic heterocycles. The molecule has 0 saturated heterocycles. The molecule has 0 heterocycles. The minimum Gasteiger partial charge on any atom is -0.462 e. The average molecular weight is 1090 g/mol. The van der Waals surface area contributed by atoms with E-state index in [1.807, 2.05) is 0 Å². The van der Waals surface area contributed by atoms with E-state index in [9.17, 15) is 14.4 Å². The van der Waals surface area contributed by atoms with Gasteiger partial charge in [-0.15, -0.1) is 0 Å². The Kier molecular flexibility index (Phi) is 63.2. The second-order valence-electron chi connectivity index (χ2n) is 22.3. The van der Waals surface area contributed by atoms with Crippen LogP contribution < -0.4 is 0 Å². The van der Waals surface area contributed by atoms with E-state index >= 15 is 0 Å². The Balaban J connectivity index is 4.16. The third-order valence-electron chi connectivity index (χ3n) is 14.6. The van der Waals surface area contributed by atoms with Gasteiger partial charge in [-0.3, -0.25) is 14.4 Å². The van der Waals surface area contributed by atoms with Crippen LogP contribution in [0.25, 0.3) is 0 Å². The maximum atomic E-state index is 12.9. The summed E-state index contributed by atoms with van der Waals surface area (Å²) in [6.07, 6.45) is 87.7. The third-order valence-corrected chi connectivity index (χ3v) is 14.6. The molecular weight excluding hydrogens is 961 g/mol. The number of ether oxygens (including phenoxy) is 3. The van der Waals surface area contributed by atoms with Crippen LogP contribution in [-0.2, 0) is 28.6 Å². The summed E-state index contributed by atoms with van der Waals surface area (Å²) in [6.45, 7) is 6.46. The molecule has 0 aliphatic heterocycles. The van der Waals surface area contributed by atoms with Crippen molar-refractivity contribution >= 4 is 17.9 Å². The molecule has 6 nitrogen and oxygen atoms in total. The van der Waals surface area contributed by atoms with Crippen molar-refractivity contribution in [3.8, 4) is 0 Å². The minimum atomic E-state index is -0.797. The molecule has 0 aliphatic rings. The molecule has 450 valence electrons. The van der Waals surface area contributed by atoms with Crippen molar-refractivity contribution in [3.05, 3.63) is 85.1 Å². The topological polar surface area (TPSA) is 78.9 Å². The van der Waals surface area contributed by atoms with Crippen molar-refractivity contribution in [2.45, 2.75) is 341 Å². The fourth-order valence-corrected chi connectivity index (χ4v) is 9.59. The van der Waals surface area contributed by atoms with E-state index < -0.39 is 6.10 Å². The second-order valence-corrected chi connectivity index (χ2v) is 22.3. The van der Waals surface area contributed by atoms with E-state index in [0.717, 1.165) is 116 Å². The van der Waals surface area contributed by atoms with Gasteiger partial charge in [-0.2, -0.15) is 0 Å². The zero-order valence-corrected chi connectivity index (χ0v) is 51.7. The van der Waals surface area contributed by atoms with Crippen molar-refractivity contribution in [2.75, 3.05) is 13.2 Å². The number of carbonyl (C=O) groups excluding carboxylic acids is 3. The van der Waals surface area contributed by atoms with Crippen LogP contribution in [0.2, 0.25) is 0 Å². The van der Waals surface area contributed by atoms with E-state index in [4.69, 9.17) is 14.2 Å². The lowest BCUT2D eigenvalue weighted by molar-refractivity contribution is -0.167. The molecule has 0 bridgehead atoms. The minimum absolute atomic E-state index is 0.0906. The highest BCUT2D eigenvalue weighted by Gasteiger charge is 2.19. The lowest BCUT2D eigenvalue weighted by Gasteiger charge is -2.18. The first-order valence-corrected chi connectivity index (χ1v) is 33.6. The number of carbonyl (C=O) groups is 3. The second kappa shape index (κ2) is 66.1. The van der Waals surface area contributed by atoms with Crippen molar-refractivity contribution in [1.82, 2.24) is 0 Å². The highest BCUT2D eigenvalue weighted by Crippen LogP contribution is 2.17. The third kappa shape index (κ3) is 63.4. The van der Waals surface area contributed by atoms with Crippen LogP contribution in [0.15, 0.2) is 85.1 Å². The van der Waals surface area contributed by atoms with Crippen LogP contribution in [-0.4, -0.2) is 37.2 Å². The fourth-order valence-electron chi connectivity index (χ4n) is 9.59. The predicted molar refractivity (Wildman–Crippen MR) is 339 cm³/mol. The number of hydrogen-bond donors (Lipinski definition) is 0. The van der Waals surface area contributed by atoms with Crippen molar-refractivity contribution in [1.29, 1.82) is 0 Å². The lowest BCUT2D eigenvalue weighted by Crippen LogP contribution is -2.30. The zero-order valence-electron chi connectivity index (χ0n) is 51.7. The number of esters is 3. The zero-order chi connectivity index (χ0) is 56.4. The number of hydrogen-bond acceptors (Lipinski definition) is 6. The van der Waals surface area contributed by atoms with E-state index in [1.165, 1.54) is 180 Å². The molecule has 0 N–H and O–H groups in total. The highest BCUT2D eigenvalue weighted by molar-refractivity contribution is 5.71. The molecule has 0 rings (SSSR count). The van der Waals surface area contributed by atoms with Gasteiger partial charge in [-0.1, -0.05) is 292 Å². The van der Waals surface area contributed by atoms with E-state index in [1.54, 1.807) is 0 Å². The molecule has 0 aliphatic carbocycles. The van der Waals surface area contributed by atoms with Crippen LogP contribution in [0.1, 0.15) is 335 Å². The van der Waals surface area contributed by atoms with E-state index in [0.29, 0.717) is 12.8 Å². The highest BCUT2D eigenvalue weighted by atomic mass is 16.6. The monoisotopic (exact) mass is 1090 g/mol. The maximum absolute atomic E-state index is 12.9. The van der Waals surface area contributed by atoms with Crippen LogP contribution >= 0.6 is 0 Å². The first-order valence-electron chi connectivity index (χ1n) is 33.6. The summed E-state index contributed by atoms with van der Waals surface area (Å²) in [5.41, 5.74) is 0. The van der Waals surface area contributed by atoms with Crippen molar-refractivity contribution < 1.29 is 28.6 Å². The number of unbranched alkanes of at least 4 members (excludes halogenated alkanes) is 36. The van der Waals surface area contributed by atoms with Crippen LogP contribution in [0, 0.1) is 0 Å². The van der Waals surface area contributed by atoms with Crippen LogP contribution in [0.4, 0.5) is 0 Å². The SMILES string of the molecule is CC/C=C\C/C=C\C/C=C\C/C=C\C/C=C\CCCCCC(=O)OC(COC(=O)CCCCCCC/C=C\CCC)COC(=O)CCCCCCCCCCCCCCCCCCCCC/C=C\CCCCCCCCCC. The molecule has 0 aromatic rings. The van der Waals surface area contributed by atoms with Gasteiger partial charge in [-0.05, 0) is 109 Å². The summed E-state index contributed by atoms with van der Waals surface area (Å²) in [5.74, 6) is -0.923. The first kappa shape index (κ1) is 74.6. The maximum Gasteiger partial charge on any atom is 0.306 e. The molecule has 0 spiro atoms. The van der Waals surface area contributed by atoms with Crippen LogP contribution in [0.5, 0.6) is 0 Å².